The SMILES string of the molecule is c1ccc([Si](c2ccccc2)c2ccccc2)cc1.c1ccc2ccccc2c1. The Hall–Kier alpha value is -3.42. The molecule has 29 heavy (non-hydrogen) atoms. The van der Waals surface area contributed by atoms with Gasteiger partial charge in [-0.3, -0.25) is 0 Å². The van der Waals surface area contributed by atoms with Gasteiger partial charge in [-0.05, 0) is 10.8 Å². The van der Waals surface area contributed by atoms with Gasteiger partial charge in [-0.1, -0.05) is 155 Å². The molecule has 0 N–H and O–H groups in total. The van der Waals surface area contributed by atoms with Gasteiger partial charge in [0.25, 0.3) is 0 Å². The van der Waals surface area contributed by atoms with Crippen LogP contribution in [-0.4, -0.2) is 8.80 Å². The van der Waals surface area contributed by atoms with Crippen molar-refractivity contribution in [3.8, 4) is 0 Å². The van der Waals surface area contributed by atoms with Crippen molar-refractivity contribution in [2.24, 2.45) is 0 Å². The van der Waals surface area contributed by atoms with E-state index in [9.17, 15) is 0 Å². The van der Waals surface area contributed by atoms with E-state index in [2.05, 4.69) is 140 Å². The third-order valence-electron chi connectivity index (χ3n) is 4.85. The molecule has 5 aromatic rings. The van der Waals surface area contributed by atoms with Crippen LogP contribution in [-0.2, 0) is 0 Å². The molecule has 0 nitrogen and oxygen atoms in total. The van der Waals surface area contributed by atoms with Crippen molar-refractivity contribution in [2.75, 3.05) is 0 Å². The van der Waals surface area contributed by atoms with E-state index < -0.39 is 8.80 Å². The first-order valence-corrected chi connectivity index (χ1v) is 11.4. The fourth-order valence-electron chi connectivity index (χ4n) is 3.45. The number of benzene rings is 5. The Morgan fingerprint density at radius 2 is 0.517 bits per heavy atom. The Kier molecular flexibility index (Phi) is 6.31. The predicted octanol–water partition coefficient (Wildman–Crippen LogP) is 5.04. The molecule has 0 aliphatic heterocycles. The van der Waals surface area contributed by atoms with Crippen LogP contribution >= 0.6 is 0 Å². The highest BCUT2D eigenvalue weighted by molar-refractivity contribution is 6.95. The number of rotatable bonds is 3. The molecule has 0 aliphatic carbocycles. The summed E-state index contributed by atoms with van der Waals surface area (Å²) in [6.07, 6.45) is 0. The molecule has 1 heteroatoms. The number of hydrogen-bond acceptors (Lipinski definition) is 0. The van der Waals surface area contributed by atoms with Gasteiger partial charge in [-0.25, -0.2) is 0 Å². The second-order valence-electron chi connectivity index (χ2n) is 6.82. The van der Waals surface area contributed by atoms with E-state index in [1.807, 2.05) is 0 Å². The summed E-state index contributed by atoms with van der Waals surface area (Å²) in [5, 5.41) is 6.93. The summed E-state index contributed by atoms with van der Waals surface area (Å²) in [4.78, 5) is 0. The van der Waals surface area contributed by atoms with E-state index in [1.165, 1.54) is 26.3 Å². The standard InChI is InChI=1S/C18H15Si.C10H8/c1-4-10-16(11-5-1)19(17-12-6-2-7-13-17)18-14-8-3-9-15-18;1-2-6-10-8-4-3-7-9(10)5-1/h1-15H;1-8H. The van der Waals surface area contributed by atoms with Crippen LogP contribution in [0.5, 0.6) is 0 Å². The van der Waals surface area contributed by atoms with Crippen molar-refractivity contribution < 1.29 is 0 Å². The van der Waals surface area contributed by atoms with E-state index in [-0.39, 0.29) is 0 Å². The summed E-state index contributed by atoms with van der Waals surface area (Å²) in [5.74, 6) is 0. The summed E-state index contributed by atoms with van der Waals surface area (Å²) in [7, 11) is -0.877. The Morgan fingerprint density at radius 3 is 0.793 bits per heavy atom. The summed E-state index contributed by atoms with van der Waals surface area (Å²) in [5.41, 5.74) is 0. The lowest BCUT2D eigenvalue weighted by Gasteiger charge is -2.16. The normalized spacial score (nSPS) is 10.4. The summed E-state index contributed by atoms with van der Waals surface area (Å²) < 4.78 is 0. The molecule has 0 atom stereocenters. The van der Waals surface area contributed by atoms with Crippen LogP contribution in [0.25, 0.3) is 10.8 Å². The Labute approximate surface area is 174 Å². The Bertz CT molecular complexity index is 977. The third kappa shape index (κ3) is 4.90. The lowest BCUT2D eigenvalue weighted by molar-refractivity contribution is 1.71. The van der Waals surface area contributed by atoms with Crippen LogP contribution in [0.15, 0.2) is 140 Å². The molecule has 0 unspecified atom stereocenters. The molecule has 0 saturated carbocycles. The topological polar surface area (TPSA) is 0 Å². The quantitative estimate of drug-likeness (QED) is 0.300. The molecule has 0 heterocycles. The average molecular weight is 388 g/mol. The molecule has 5 aromatic carbocycles. The Morgan fingerprint density at radius 1 is 0.276 bits per heavy atom. The van der Waals surface area contributed by atoms with Gasteiger partial charge < -0.3 is 0 Å². The number of fused-ring (bicyclic) bond motifs is 1. The summed E-state index contributed by atoms with van der Waals surface area (Å²) in [6.45, 7) is 0. The lowest BCUT2D eigenvalue weighted by atomic mass is 10.1. The highest BCUT2D eigenvalue weighted by Gasteiger charge is 2.18. The summed E-state index contributed by atoms with van der Waals surface area (Å²) in [6, 6.07) is 49.2. The minimum atomic E-state index is -0.877. The van der Waals surface area contributed by atoms with Crippen LogP contribution in [0.2, 0.25) is 0 Å². The first-order chi connectivity index (χ1) is 14.4. The minimum Gasteiger partial charge on any atom is -0.0624 e. The van der Waals surface area contributed by atoms with Gasteiger partial charge in [-0.15, -0.1) is 0 Å². The fraction of sp³-hybridized carbons (Fsp3) is 0. The molecule has 0 amide bonds. The maximum atomic E-state index is 2.24. The molecule has 0 aliphatic rings. The first kappa shape index (κ1) is 18.9. The largest absolute Gasteiger partial charge is 0.154 e. The maximum absolute atomic E-state index is 2.24. The molecule has 0 fully saturated rings. The van der Waals surface area contributed by atoms with Gasteiger partial charge in [0.2, 0.25) is 0 Å². The molecule has 0 saturated heterocycles. The maximum Gasteiger partial charge on any atom is 0.154 e. The average Bonchev–Trinajstić information content (AvgIpc) is 2.82. The van der Waals surface area contributed by atoms with Gasteiger partial charge in [0.15, 0.2) is 8.80 Å². The van der Waals surface area contributed by atoms with Crippen LogP contribution < -0.4 is 15.6 Å². The van der Waals surface area contributed by atoms with Gasteiger partial charge in [-0.2, -0.15) is 0 Å². The van der Waals surface area contributed by atoms with E-state index in [0.29, 0.717) is 0 Å². The van der Waals surface area contributed by atoms with E-state index in [4.69, 9.17) is 0 Å². The van der Waals surface area contributed by atoms with Crippen LogP contribution in [0.3, 0.4) is 0 Å². The van der Waals surface area contributed by atoms with Crippen molar-refractivity contribution in [3.63, 3.8) is 0 Å². The highest BCUT2D eigenvalue weighted by atomic mass is 28.3. The molecule has 0 bridgehead atoms. The van der Waals surface area contributed by atoms with E-state index in [0.717, 1.165) is 0 Å². The van der Waals surface area contributed by atoms with Crippen molar-refractivity contribution >= 4 is 35.1 Å². The summed E-state index contributed by atoms with van der Waals surface area (Å²) >= 11 is 0. The van der Waals surface area contributed by atoms with E-state index in [1.54, 1.807) is 0 Å². The van der Waals surface area contributed by atoms with Crippen molar-refractivity contribution in [3.05, 3.63) is 140 Å². The van der Waals surface area contributed by atoms with Gasteiger partial charge in [0.1, 0.15) is 0 Å². The van der Waals surface area contributed by atoms with Crippen LogP contribution in [0.4, 0.5) is 0 Å². The first-order valence-electron chi connectivity index (χ1n) is 9.89. The zero-order valence-corrected chi connectivity index (χ0v) is 17.3. The van der Waals surface area contributed by atoms with Crippen molar-refractivity contribution in [2.45, 2.75) is 0 Å². The molecule has 0 spiro atoms. The second kappa shape index (κ2) is 9.68. The van der Waals surface area contributed by atoms with Crippen molar-refractivity contribution in [1.29, 1.82) is 0 Å². The van der Waals surface area contributed by atoms with Crippen LogP contribution in [0.1, 0.15) is 0 Å². The van der Waals surface area contributed by atoms with Gasteiger partial charge in [0, 0.05) is 0 Å². The van der Waals surface area contributed by atoms with Gasteiger partial charge >= 0.3 is 0 Å². The zero-order chi connectivity index (χ0) is 19.7. The molecule has 139 valence electrons. The minimum absolute atomic E-state index is 0.877. The van der Waals surface area contributed by atoms with Gasteiger partial charge in [0.05, 0.1) is 0 Å². The van der Waals surface area contributed by atoms with E-state index >= 15 is 0 Å². The Balaban J connectivity index is 0.000000171. The third-order valence-corrected chi connectivity index (χ3v) is 7.58. The second-order valence-corrected chi connectivity index (χ2v) is 9.30. The predicted molar refractivity (Wildman–Crippen MR) is 128 cm³/mol. The zero-order valence-electron chi connectivity index (χ0n) is 16.3. The molecule has 5 rings (SSSR count). The van der Waals surface area contributed by atoms with Crippen LogP contribution in [0, 0.1) is 0 Å². The highest BCUT2D eigenvalue weighted by Crippen LogP contribution is 2.11. The molecule has 1 radical (unpaired) electrons. The molecular weight excluding hydrogens is 364 g/mol. The smallest absolute Gasteiger partial charge is 0.0624 e. The lowest BCUT2D eigenvalue weighted by Crippen LogP contribution is -2.51. The monoisotopic (exact) mass is 387 g/mol. The molecule has 0 aromatic heterocycles. The molecular formula is C28H23Si. The number of hydrogen-bond donors (Lipinski definition) is 0. The van der Waals surface area contributed by atoms with Crippen molar-refractivity contribution in [1.82, 2.24) is 0 Å². The fourth-order valence-corrected chi connectivity index (χ4v) is 6.02.